The molecule has 0 spiro atoms. The van der Waals surface area contributed by atoms with Gasteiger partial charge in [0.25, 0.3) is 5.91 Å². The van der Waals surface area contributed by atoms with Crippen LogP contribution in [0.2, 0.25) is 0 Å². The first-order valence-corrected chi connectivity index (χ1v) is 5.71. The molecule has 1 heterocycles. The molecule has 0 aliphatic heterocycles. The van der Waals surface area contributed by atoms with Crippen molar-refractivity contribution in [2.75, 3.05) is 25.0 Å². The average Bonchev–Trinajstić information content (AvgIpc) is 2.31. The molecule has 0 saturated carbocycles. The van der Waals surface area contributed by atoms with Crippen LogP contribution in [0.4, 0.5) is 5.69 Å². The van der Waals surface area contributed by atoms with Crippen LogP contribution in [0.1, 0.15) is 31.1 Å². The van der Waals surface area contributed by atoms with Crippen LogP contribution in [0, 0.1) is 0 Å². The lowest BCUT2D eigenvalue weighted by Crippen LogP contribution is -2.31. The summed E-state index contributed by atoms with van der Waals surface area (Å²) in [6.45, 7) is 8.19. The van der Waals surface area contributed by atoms with Gasteiger partial charge in [0.1, 0.15) is 0 Å². The number of hydrogen-bond acceptors (Lipinski definition) is 3. The van der Waals surface area contributed by atoms with Crippen LogP contribution in [0.3, 0.4) is 0 Å². The monoisotopic (exact) mass is 221 g/mol. The number of aromatic nitrogens is 1. The number of pyridine rings is 1. The Balaban J connectivity index is 2.97. The smallest absolute Gasteiger partial charge is 0.256 e. The Morgan fingerprint density at radius 3 is 2.62 bits per heavy atom. The van der Waals surface area contributed by atoms with E-state index in [9.17, 15) is 4.79 Å². The van der Waals surface area contributed by atoms with Crippen LogP contribution >= 0.6 is 0 Å². The largest absolute Gasteiger partial charge is 0.383 e. The van der Waals surface area contributed by atoms with Crippen molar-refractivity contribution in [2.45, 2.75) is 20.8 Å². The fourth-order valence-electron chi connectivity index (χ4n) is 1.59. The second kappa shape index (κ2) is 6.10. The predicted octanol–water partition coefficient (Wildman–Crippen LogP) is 2.00. The van der Waals surface area contributed by atoms with E-state index in [1.165, 1.54) is 0 Å². The number of amides is 1. The molecule has 1 aromatic rings. The molecule has 1 aromatic heterocycles. The highest BCUT2D eigenvalue weighted by Gasteiger charge is 2.15. The Kier molecular flexibility index (Phi) is 4.76. The van der Waals surface area contributed by atoms with Crippen molar-refractivity contribution < 1.29 is 4.79 Å². The molecule has 0 aliphatic rings. The normalized spacial score (nSPS) is 9.94. The zero-order valence-corrected chi connectivity index (χ0v) is 10.2. The zero-order valence-electron chi connectivity index (χ0n) is 10.2. The van der Waals surface area contributed by atoms with Crippen molar-refractivity contribution >= 4 is 11.6 Å². The molecule has 0 atom stereocenters. The Morgan fingerprint density at radius 2 is 2.06 bits per heavy atom. The van der Waals surface area contributed by atoms with Gasteiger partial charge >= 0.3 is 0 Å². The number of anilines is 1. The maximum absolute atomic E-state index is 12.2. The minimum Gasteiger partial charge on any atom is -0.383 e. The quantitative estimate of drug-likeness (QED) is 0.827. The second-order valence-corrected chi connectivity index (χ2v) is 3.43. The zero-order chi connectivity index (χ0) is 12.0. The second-order valence-electron chi connectivity index (χ2n) is 3.43. The molecular weight excluding hydrogens is 202 g/mol. The van der Waals surface area contributed by atoms with Crippen molar-refractivity contribution in [2.24, 2.45) is 0 Å². The molecule has 0 unspecified atom stereocenters. The van der Waals surface area contributed by atoms with Crippen molar-refractivity contribution in [1.82, 2.24) is 9.88 Å². The summed E-state index contributed by atoms with van der Waals surface area (Å²) in [5.74, 6) is 0.0587. The molecule has 16 heavy (non-hydrogen) atoms. The number of nitrogens with zero attached hydrogens (tertiary/aromatic N) is 2. The summed E-state index contributed by atoms with van der Waals surface area (Å²) in [6, 6.07) is 1.76. The SMILES string of the molecule is CCNc1cnccc1C(=O)N(CC)CC. The molecule has 4 nitrogen and oxygen atoms in total. The van der Waals surface area contributed by atoms with Gasteiger partial charge < -0.3 is 10.2 Å². The molecule has 0 bridgehead atoms. The lowest BCUT2D eigenvalue weighted by atomic mass is 10.2. The van der Waals surface area contributed by atoms with Gasteiger partial charge in [-0.1, -0.05) is 0 Å². The topological polar surface area (TPSA) is 45.2 Å². The van der Waals surface area contributed by atoms with E-state index in [4.69, 9.17) is 0 Å². The standard InChI is InChI=1S/C12H19N3O/c1-4-14-11-9-13-8-7-10(11)12(16)15(5-2)6-3/h7-9,14H,4-6H2,1-3H3. The van der Waals surface area contributed by atoms with Crippen molar-refractivity contribution in [3.05, 3.63) is 24.0 Å². The average molecular weight is 221 g/mol. The van der Waals surface area contributed by atoms with Gasteiger partial charge in [-0.05, 0) is 26.8 Å². The summed E-state index contributed by atoms with van der Waals surface area (Å²) in [4.78, 5) is 18.0. The maximum Gasteiger partial charge on any atom is 0.256 e. The first-order valence-electron chi connectivity index (χ1n) is 5.71. The fraction of sp³-hybridized carbons (Fsp3) is 0.500. The summed E-state index contributed by atoms with van der Waals surface area (Å²) in [5.41, 5.74) is 1.50. The third-order valence-electron chi connectivity index (χ3n) is 2.47. The van der Waals surface area contributed by atoms with E-state index in [0.717, 1.165) is 25.3 Å². The molecule has 0 saturated heterocycles. The van der Waals surface area contributed by atoms with E-state index in [1.807, 2.05) is 20.8 Å². The van der Waals surface area contributed by atoms with E-state index in [-0.39, 0.29) is 5.91 Å². The first-order chi connectivity index (χ1) is 7.74. The highest BCUT2D eigenvalue weighted by molar-refractivity contribution is 5.99. The van der Waals surface area contributed by atoms with Gasteiger partial charge in [-0.15, -0.1) is 0 Å². The summed E-state index contributed by atoms with van der Waals surface area (Å²) in [7, 11) is 0. The number of rotatable bonds is 5. The van der Waals surface area contributed by atoms with Crippen molar-refractivity contribution in [3.8, 4) is 0 Å². The molecular formula is C12H19N3O. The van der Waals surface area contributed by atoms with Crippen LogP contribution in [-0.4, -0.2) is 35.4 Å². The van der Waals surface area contributed by atoms with E-state index < -0.39 is 0 Å². The lowest BCUT2D eigenvalue weighted by molar-refractivity contribution is 0.0774. The van der Waals surface area contributed by atoms with E-state index >= 15 is 0 Å². The van der Waals surface area contributed by atoms with Crippen LogP contribution in [-0.2, 0) is 0 Å². The lowest BCUT2D eigenvalue weighted by Gasteiger charge is -2.20. The van der Waals surface area contributed by atoms with E-state index in [0.29, 0.717) is 5.56 Å². The van der Waals surface area contributed by atoms with E-state index in [2.05, 4.69) is 10.3 Å². The van der Waals surface area contributed by atoms with Crippen molar-refractivity contribution in [1.29, 1.82) is 0 Å². The van der Waals surface area contributed by atoms with Gasteiger partial charge in [0.2, 0.25) is 0 Å². The fourth-order valence-corrected chi connectivity index (χ4v) is 1.59. The number of carbonyl (C=O) groups is 1. The summed E-state index contributed by atoms with van der Waals surface area (Å²) >= 11 is 0. The van der Waals surface area contributed by atoms with Gasteiger partial charge in [-0.2, -0.15) is 0 Å². The molecule has 1 rings (SSSR count). The number of carbonyl (C=O) groups excluding carboxylic acids is 1. The van der Waals surface area contributed by atoms with Crippen LogP contribution in [0.5, 0.6) is 0 Å². The number of hydrogen-bond donors (Lipinski definition) is 1. The molecule has 4 heteroatoms. The van der Waals surface area contributed by atoms with Crippen LogP contribution in [0.15, 0.2) is 18.5 Å². The first kappa shape index (κ1) is 12.5. The van der Waals surface area contributed by atoms with Gasteiger partial charge in [0.15, 0.2) is 0 Å². The minimum absolute atomic E-state index is 0.0587. The molecule has 0 radical (unpaired) electrons. The molecule has 88 valence electrons. The van der Waals surface area contributed by atoms with Gasteiger partial charge in [0, 0.05) is 25.8 Å². The third kappa shape index (κ3) is 2.72. The third-order valence-corrected chi connectivity index (χ3v) is 2.47. The Labute approximate surface area is 96.7 Å². The molecule has 0 fully saturated rings. The summed E-state index contributed by atoms with van der Waals surface area (Å²) in [5, 5.41) is 3.15. The highest BCUT2D eigenvalue weighted by atomic mass is 16.2. The number of nitrogens with one attached hydrogen (secondary N) is 1. The van der Waals surface area contributed by atoms with Gasteiger partial charge in [0.05, 0.1) is 17.4 Å². The highest BCUT2D eigenvalue weighted by Crippen LogP contribution is 2.15. The van der Waals surface area contributed by atoms with Crippen molar-refractivity contribution in [3.63, 3.8) is 0 Å². The molecule has 1 amide bonds. The van der Waals surface area contributed by atoms with Crippen LogP contribution in [0.25, 0.3) is 0 Å². The minimum atomic E-state index is 0.0587. The van der Waals surface area contributed by atoms with Crippen LogP contribution < -0.4 is 5.32 Å². The molecule has 0 aliphatic carbocycles. The maximum atomic E-state index is 12.2. The summed E-state index contributed by atoms with van der Waals surface area (Å²) < 4.78 is 0. The Morgan fingerprint density at radius 1 is 1.38 bits per heavy atom. The predicted molar refractivity (Wildman–Crippen MR) is 65.7 cm³/mol. The molecule has 0 aromatic carbocycles. The van der Waals surface area contributed by atoms with E-state index in [1.54, 1.807) is 23.4 Å². The Bertz CT molecular complexity index is 348. The van der Waals surface area contributed by atoms with Gasteiger partial charge in [-0.25, -0.2) is 0 Å². The van der Waals surface area contributed by atoms with Gasteiger partial charge in [-0.3, -0.25) is 9.78 Å². The summed E-state index contributed by atoms with van der Waals surface area (Å²) in [6.07, 6.45) is 3.35. The molecule has 1 N–H and O–H groups in total. The Hall–Kier alpha value is -1.58.